The van der Waals surface area contributed by atoms with Crippen LogP contribution >= 0.6 is 0 Å². The molecule has 0 N–H and O–H groups in total. The highest BCUT2D eigenvalue weighted by Crippen LogP contribution is 2.15. The van der Waals surface area contributed by atoms with Crippen molar-refractivity contribution in [1.29, 1.82) is 0 Å². The topological polar surface area (TPSA) is 57.0 Å². The second-order valence-electron chi connectivity index (χ2n) is 4.35. The molecule has 0 unspecified atom stereocenters. The van der Waals surface area contributed by atoms with Gasteiger partial charge in [0.25, 0.3) is 0 Å². The summed E-state index contributed by atoms with van der Waals surface area (Å²) < 4.78 is 20.2. The van der Waals surface area contributed by atoms with E-state index < -0.39 is 11.8 Å². The summed E-state index contributed by atoms with van der Waals surface area (Å²) >= 11 is 0. The molecule has 1 aromatic carbocycles. The number of aromatic nitrogens is 3. The van der Waals surface area contributed by atoms with Crippen LogP contribution in [0.1, 0.15) is 23.7 Å². The summed E-state index contributed by atoms with van der Waals surface area (Å²) in [7, 11) is 0. The van der Waals surface area contributed by atoms with Crippen LogP contribution in [0.25, 0.3) is 5.69 Å². The van der Waals surface area contributed by atoms with Gasteiger partial charge in [-0.1, -0.05) is 5.57 Å². The molecule has 2 aromatic rings. The SMILES string of the molecule is C=C(C)CCOC(=O)c1ccc(-n2cncn2)c(F)c1. The molecule has 0 aliphatic heterocycles. The lowest BCUT2D eigenvalue weighted by Crippen LogP contribution is -2.08. The van der Waals surface area contributed by atoms with Crippen molar-refractivity contribution in [3.63, 3.8) is 0 Å². The van der Waals surface area contributed by atoms with Crippen molar-refractivity contribution in [2.75, 3.05) is 6.61 Å². The van der Waals surface area contributed by atoms with Gasteiger partial charge >= 0.3 is 5.97 Å². The van der Waals surface area contributed by atoms with E-state index in [1.54, 1.807) is 0 Å². The average molecular weight is 275 g/mol. The van der Waals surface area contributed by atoms with E-state index in [0.29, 0.717) is 6.42 Å². The van der Waals surface area contributed by atoms with E-state index in [2.05, 4.69) is 16.7 Å². The maximum absolute atomic E-state index is 13.9. The largest absolute Gasteiger partial charge is 0.462 e. The molecule has 1 aromatic heterocycles. The highest BCUT2D eigenvalue weighted by molar-refractivity contribution is 5.89. The number of hydrogen-bond acceptors (Lipinski definition) is 4. The molecule has 0 fully saturated rings. The molecule has 0 aliphatic carbocycles. The Morgan fingerprint density at radius 3 is 2.90 bits per heavy atom. The molecule has 104 valence electrons. The first-order valence-electron chi connectivity index (χ1n) is 6.04. The number of esters is 1. The van der Waals surface area contributed by atoms with E-state index in [4.69, 9.17) is 4.74 Å². The van der Waals surface area contributed by atoms with Gasteiger partial charge in [0.2, 0.25) is 0 Å². The first-order chi connectivity index (χ1) is 9.58. The number of carbonyl (C=O) groups excluding carboxylic acids is 1. The Morgan fingerprint density at radius 1 is 1.50 bits per heavy atom. The molecule has 0 saturated heterocycles. The van der Waals surface area contributed by atoms with Crippen LogP contribution in [0.15, 0.2) is 43.0 Å². The van der Waals surface area contributed by atoms with Crippen molar-refractivity contribution < 1.29 is 13.9 Å². The molecule has 1 heterocycles. The van der Waals surface area contributed by atoms with Gasteiger partial charge < -0.3 is 4.74 Å². The van der Waals surface area contributed by atoms with Crippen LogP contribution in [0.4, 0.5) is 4.39 Å². The summed E-state index contributed by atoms with van der Waals surface area (Å²) in [5.41, 5.74) is 1.31. The van der Waals surface area contributed by atoms with Gasteiger partial charge in [-0.05, 0) is 25.1 Å². The fraction of sp³-hybridized carbons (Fsp3) is 0.214. The number of nitrogens with zero attached hydrogens (tertiary/aromatic N) is 3. The highest BCUT2D eigenvalue weighted by atomic mass is 19.1. The van der Waals surface area contributed by atoms with Crippen LogP contribution in [-0.4, -0.2) is 27.3 Å². The van der Waals surface area contributed by atoms with Gasteiger partial charge in [0, 0.05) is 6.42 Å². The third kappa shape index (κ3) is 3.28. The summed E-state index contributed by atoms with van der Waals surface area (Å²) in [6.07, 6.45) is 3.27. The number of carbonyl (C=O) groups is 1. The maximum Gasteiger partial charge on any atom is 0.338 e. The summed E-state index contributed by atoms with van der Waals surface area (Å²) in [5, 5.41) is 3.83. The molecule has 6 heteroatoms. The zero-order chi connectivity index (χ0) is 14.5. The van der Waals surface area contributed by atoms with Gasteiger partial charge in [0.15, 0.2) is 0 Å². The molecule has 0 aliphatic rings. The van der Waals surface area contributed by atoms with Crippen molar-refractivity contribution in [1.82, 2.24) is 14.8 Å². The second kappa shape index (κ2) is 6.10. The number of ether oxygens (including phenoxy) is 1. The molecule has 0 amide bonds. The molecule has 2 rings (SSSR count). The van der Waals surface area contributed by atoms with Crippen LogP contribution in [0.5, 0.6) is 0 Å². The minimum atomic E-state index is -0.565. The minimum Gasteiger partial charge on any atom is -0.462 e. The van der Waals surface area contributed by atoms with Crippen molar-refractivity contribution >= 4 is 5.97 Å². The third-order valence-corrected chi connectivity index (χ3v) is 2.61. The van der Waals surface area contributed by atoms with E-state index in [1.807, 2.05) is 6.92 Å². The predicted molar refractivity (Wildman–Crippen MR) is 71.0 cm³/mol. The fourth-order valence-corrected chi connectivity index (χ4v) is 1.55. The molecule has 0 atom stereocenters. The van der Waals surface area contributed by atoms with E-state index in [9.17, 15) is 9.18 Å². The zero-order valence-corrected chi connectivity index (χ0v) is 11.0. The number of benzene rings is 1. The number of halogens is 1. The zero-order valence-electron chi connectivity index (χ0n) is 11.0. The van der Waals surface area contributed by atoms with E-state index >= 15 is 0 Å². The van der Waals surface area contributed by atoms with Gasteiger partial charge in [-0.25, -0.2) is 18.9 Å². The van der Waals surface area contributed by atoms with Crippen molar-refractivity contribution in [3.8, 4) is 5.69 Å². The van der Waals surface area contributed by atoms with Gasteiger partial charge in [0.05, 0.1) is 12.2 Å². The van der Waals surface area contributed by atoms with Crippen molar-refractivity contribution in [3.05, 3.63) is 54.4 Å². The van der Waals surface area contributed by atoms with E-state index in [1.165, 1.54) is 29.5 Å². The second-order valence-corrected chi connectivity index (χ2v) is 4.35. The normalized spacial score (nSPS) is 10.3. The van der Waals surface area contributed by atoms with Crippen LogP contribution in [0, 0.1) is 5.82 Å². The Kier molecular flexibility index (Phi) is 4.24. The quantitative estimate of drug-likeness (QED) is 0.621. The minimum absolute atomic E-state index is 0.160. The van der Waals surface area contributed by atoms with E-state index in [-0.39, 0.29) is 17.9 Å². The predicted octanol–water partition coefficient (Wildman–Crippen LogP) is 2.53. The van der Waals surface area contributed by atoms with Gasteiger partial charge in [-0.3, -0.25) is 0 Å². The first-order valence-corrected chi connectivity index (χ1v) is 6.04. The van der Waals surface area contributed by atoms with Crippen molar-refractivity contribution in [2.24, 2.45) is 0 Å². The molecular weight excluding hydrogens is 261 g/mol. The lowest BCUT2D eigenvalue weighted by atomic mass is 10.2. The maximum atomic E-state index is 13.9. The average Bonchev–Trinajstić information content (AvgIpc) is 2.91. The van der Waals surface area contributed by atoms with Crippen LogP contribution < -0.4 is 0 Å². The van der Waals surface area contributed by atoms with Gasteiger partial charge in [-0.2, -0.15) is 5.10 Å². The summed E-state index contributed by atoms with van der Waals surface area (Å²) in [5.74, 6) is -1.12. The lowest BCUT2D eigenvalue weighted by Gasteiger charge is -2.07. The van der Waals surface area contributed by atoms with Crippen LogP contribution in [-0.2, 0) is 4.74 Å². The summed E-state index contributed by atoms with van der Waals surface area (Å²) in [6, 6.07) is 4.07. The molecule has 20 heavy (non-hydrogen) atoms. The summed E-state index contributed by atoms with van der Waals surface area (Å²) in [4.78, 5) is 15.5. The Labute approximate surface area is 115 Å². The number of rotatable bonds is 5. The Hall–Kier alpha value is -2.50. The highest BCUT2D eigenvalue weighted by Gasteiger charge is 2.12. The van der Waals surface area contributed by atoms with Crippen LogP contribution in [0.3, 0.4) is 0 Å². The Balaban J connectivity index is 2.09. The van der Waals surface area contributed by atoms with E-state index in [0.717, 1.165) is 11.6 Å². The van der Waals surface area contributed by atoms with Crippen molar-refractivity contribution in [2.45, 2.75) is 13.3 Å². The smallest absolute Gasteiger partial charge is 0.338 e. The monoisotopic (exact) mass is 275 g/mol. The van der Waals surface area contributed by atoms with Gasteiger partial charge in [0.1, 0.15) is 24.2 Å². The number of hydrogen-bond donors (Lipinski definition) is 0. The third-order valence-electron chi connectivity index (χ3n) is 2.61. The lowest BCUT2D eigenvalue weighted by molar-refractivity contribution is 0.0509. The molecule has 0 bridgehead atoms. The van der Waals surface area contributed by atoms with Crippen LogP contribution in [0.2, 0.25) is 0 Å². The Bertz CT molecular complexity index is 623. The summed E-state index contributed by atoms with van der Waals surface area (Å²) in [6.45, 7) is 5.80. The molecule has 0 saturated carbocycles. The first kappa shape index (κ1) is 13.9. The molecule has 5 nitrogen and oxygen atoms in total. The Morgan fingerprint density at radius 2 is 2.30 bits per heavy atom. The molecular formula is C14H14FN3O2. The standard InChI is InChI=1S/C14H14FN3O2/c1-10(2)5-6-20-14(19)11-3-4-13(12(15)7-11)18-9-16-8-17-18/h3-4,7-9H,1,5-6H2,2H3. The fourth-order valence-electron chi connectivity index (χ4n) is 1.55. The van der Waals surface area contributed by atoms with Gasteiger partial charge in [-0.15, -0.1) is 6.58 Å². The molecule has 0 radical (unpaired) electrons. The molecule has 0 spiro atoms.